The van der Waals surface area contributed by atoms with Gasteiger partial charge in [0, 0.05) is 18.0 Å². The number of carbonyl (C=O) groups excluding carboxylic acids is 1. The fraction of sp³-hybridized carbons (Fsp3) is 0.588. The first kappa shape index (κ1) is 15.4. The molecule has 0 atom stereocenters. The van der Waals surface area contributed by atoms with Crippen molar-refractivity contribution in [1.82, 2.24) is 5.32 Å². The Kier molecular flexibility index (Phi) is 6.38. The van der Waals surface area contributed by atoms with E-state index in [1.54, 1.807) is 0 Å². The first-order valence-electron chi connectivity index (χ1n) is 7.75. The molecular weight excluding hydrogens is 270 g/mol. The van der Waals surface area contributed by atoms with Crippen molar-refractivity contribution in [3.8, 4) is 0 Å². The third-order valence-corrected chi connectivity index (χ3v) is 4.36. The summed E-state index contributed by atoms with van der Waals surface area (Å²) in [6.07, 6.45) is 9.29. The number of amides is 1. The van der Waals surface area contributed by atoms with Crippen LogP contribution in [0.1, 0.15) is 50.5 Å². The van der Waals surface area contributed by atoms with Crippen LogP contribution in [-0.2, 0) is 11.2 Å². The molecule has 1 aromatic rings. The maximum absolute atomic E-state index is 11.8. The lowest BCUT2D eigenvalue weighted by Crippen LogP contribution is -2.26. The van der Waals surface area contributed by atoms with Crippen molar-refractivity contribution in [3.63, 3.8) is 0 Å². The second-order valence-electron chi connectivity index (χ2n) is 5.77. The molecule has 2 rings (SSSR count). The first-order chi connectivity index (χ1) is 9.74. The molecule has 0 aliphatic heterocycles. The monoisotopic (exact) mass is 293 g/mol. The molecule has 0 aromatic heterocycles. The topological polar surface area (TPSA) is 29.1 Å². The SMILES string of the molecule is O=C(CCC1CCCCC1)NCCc1cccc(Cl)c1. The zero-order chi connectivity index (χ0) is 14.2. The Bertz CT molecular complexity index is 427. The maximum atomic E-state index is 11.8. The maximum Gasteiger partial charge on any atom is 0.220 e. The number of rotatable bonds is 6. The zero-order valence-corrected chi connectivity index (χ0v) is 12.8. The average Bonchev–Trinajstić information content (AvgIpc) is 2.46. The molecular formula is C17H24ClNO. The number of benzene rings is 1. The van der Waals surface area contributed by atoms with Crippen LogP contribution < -0.4 is 5.32 Å². The predicted molar refractivity (Wildman–Crippen MR) is 84.0 cm³/mol. The molecule has 2 nitrogen and oxygen atoms in total. The van der Waals surface area contributed by atoms with Gasteiger partial charge in [-0.3, -0.25) is 4.79 Å². The lowest BCUT2D eigenvalue weighted by molar-refractivity contribution is -0.121. The number of halogens is 1. The molecule has 0 bridgehead atoms. The lowest BCUT2D eigenvalue weighted by Gasteiger charge is -2.20. The van der Waals surface area contributed by atoms with E-state index in [4.69, 9.17) is 11.6 Å². The van der Waals surface area contributed by atoms with Gasteiger partial charge in [0.2, 0.25) is 5.91 Å². The standard InChI is InChI=1S/C17H24ClNO/c18-16-8-4-7-15(13-16)11-12-19-17(20)10-9-14-5-2-1-3-6-14/h4,7-8,13-14H,1-3,5-6,9-12H2,(H,19,20). The van der Waals surface area contributed by atoms with Crippen molar-refractivity contribution >= 4 is 17.5 Å². The van der Waals surface area contributed by atoms with Gasteiger partial charge in [-0.1, -0.05) is 55.8 Å². The van der Waals surface area contributed by atoms with Crippen LogP contribution in [0.4, 0.5) is 0 Å². The van der Waals surface area contributed by atoms with Crippen molar-refractivity contribution < 1.29 is 4.79 Å². The summed E-state index contributed by atoms with van der Waals surface area (Å²) in [6, 6.07) is 7.81. The summed E-state index contributed by atoms with van der Waals surface area (Å²) in [5.74, 6) is 0.972. The number of nitrogens with one attached hydrogen (secondary N) is 1. The van der Waals surface area contributed by atoms with Crippen LogP contribution in [0.3, 0.4) is 0 Å². The Morgan fingerprint density at radius 3 is 2.80 bits per heavy atom. The van der Waals surface area contributed by atoms with Crippen LogP contribution in [-0.4, -0.2) is 12.5 Å². The third kappa shape index (κ3) is 5.54. The second kappa shape index (κ2) is 8.31. The minimum Gasteiger partial charge on any atom is -0.356 e. The van der Waals surface area contributed by atoms with Gasteiger partial charge in [0.1, 0.15) is 0 Å². The molecule has 1 aliphatic carbocycles. The van der Waals surface area contributed by atoms with E-state index in [0.717, 1.165) is 23.8 Å². The normalized spacial score (nSPS) is 16.1. The van der Waals surface area contributed by atoms with Gasteiger partial charge in [0.15, 0.2) is 0 Å². The highest BCUT2D eigenvalue weighted by atomic mass is 35.5. The summed E-state index contributed by atoms with van der Waals surface area (Å²) in [4.78, 5) is 11.8. The lowest BCUT2D eigenvalue weighted by atomic mass is 9.86. The Hall–Kier alpha value is -1.02. The number of hydrogen-bond acceptors (Lipinski definition) is 1. The predicted octanol–water partition coefficient (Wildman–Crippen LogP) is 4.36. The molecule has 0 radical (unpaired) electrons. The van der Waals surface area contributed by atoms with E-state index in [2.05, 4.69) is 5.32 Å². The van der Waals surface area contributed by atoms with E-state index in [-0.39, 0.29) is 5.91 Å². The average molecular weight is 294 g/mol. The smallest absolute Gasteiger partial charge is 0.220 e. The summed E-state index contributed by atoms with van der Waals surface area (Å²) >= 11 is 5.93. The molecule has 20 heavy (non-hydrogen) atoms. The molecule has 3 heteroatoms. The van der Waals surface area contributed by atoms with Crippen molar-refractivity contribution in [3.05, 3.63) is 34.9 Å². The van der Waals surface area contributed by atoms with Gasteiger partial charge in [0.05, 0.1) is 0 Å². The van der Waals surface area contributed by atoms with Gasteiger partial charge >= 0.3 is 0 Å². The van der Waals surface area contributed by atoms with E-state index in [1.807, 2.05) is 24.3 Å². The fourth-order valence-corrected chi connectivity index (χ4v) is 3.15. The molecule has 1 amide bonds. The van der Waals surface area contributed by atoms with Crippen molar-refractivity contribution in [2.75, 3.05) is 6.54 Å². The summed E-state index contributed by atoms with van der Waals surface area (Å²) in [5.41, 5.74) is 1.17. The summed E-state index contributed by atoms with van der Waals surface area (Å²) in [6.45, 7) is 0.698. The molecule has 0 saturated heterocycles. The van der Waals surface area contributed by atoms with Crippen molar-refractivity contribution in [2.24, 2.45) is 5.92 Å². The highest BCUT2D eigenvalue weighted by Crippen LogP contribution is 2.27. The highest BCUT2D eigenvalue weighted by molar-refractivity contribution is 6.30. The second-order valence-corrected chi connectivity index (χ2v) is 6.21. The Balaban J connectivity index is 1.60. The summed E-state index contributed by atoms with van der Waals surface area (Å²) < 4.78 is 0. The first-order valence-corrected chi connectivity index (χ1v) is 8.13. The van der Waals surface area contributed by atoms with Gasteiger partial charge in [0.25, 0.3) is 0 Å². The third-order valence-electron chi connectivity index (χ3n) is 4.13. The van der Waals surface area contributed by atoms with Crippen LogP contribution >= 0.6 is 11.6 Å². The van der Waals surface area contributed by atoms with Crippen LogP contribution in [0.5, 0.6) is 0 Å². The molecule has 1 saturated carbocycles. The van der Waals surface area contributed by atoms with Gasteiger partial charge in [-0.25, -0.2) is 0 Å². The van der Waals surface area contributed by atoms with E-state index in [0.29, 0.717) is 13.0 Å². The minimum atomic E-state index is 0.192. The van der Waals surface area contributed by atoms with Gasteiger partial charge in [-0.05, 0) is 36.5 Å². The Morgan fingerprint density at radius 1 is 1.25 bits per heavy atom. The van der Waals surface area contributed by atoms with Gasteiger partial charge in [-0.15, -0.1) is 0 Å². The molecule has 1 fully saturated rings. The van der Waals surface area contributed by atoms with E-state index >= 15 is 0 Å². The van der Waals surface area contributed by atoms with Gasteiger partial charge in [-0.2, -0.15) is 0 Å². The van der Waals surface area contributed by atoms with E-state index in [9.17, 15) is 4.79 Å². The minimum absolute atomic E-state index is 0.192. The number of carbonyl (C=O) groups is 1. The van der Waals surface area contributed by atoms with E-state index in [1.165, 1.54) is 37.7 Å². The van der Waals surface area contributed by atoms with Crippen molar-refractivity contribution in [1.29, 1.82) is 0 Å². The van der Waals surface area contributed by atoms with Crippen LogP contribution in [0.2, 0.25) is 5.02 Å². The Labute approximate surface area is 126 Å². The summed E-state index contributed by atoms with van der Waals surface area (Å²) in [5, 5.41) is 3.76. The fourth-order valence-electron chi connectivity index (χ4n) is 2.94. The molecule has 1 N–H and O–H groups in total. The molecule has 0 spiro atoms. The Morgan fingerprint density at radius 2 is 2.05 bits per heavy atom. The van der Waals surface area contributed by atoms with Crippen LogP contribution in [0.15, 0.2) is 24.3 Å². The van der Waals surface area contributed by atoms with Crippen molar-refractivity contribution in [2.45, 2.75) is 51.4 Å². The van der Waals surface area contributed by atoms with Gasteiger partial charge < -0.3 is 5.32 Å². The molecule has 110 valence electrons. The molecule has 0 unspecified atom stereocenters. The molecule has 1 aliphatic rings. The van der Waals surface area contributed by atoms with Crippen LogP contribution in [0, 0.1) is 5.92 Å². The van der Waals surface area contributed by atoms with E-state index < -0.39 is 0 Å². The quantitative estimate of drug-likeness (QED) is 0.829. The molecule has 0 heterocycles. The zero-order valence-electron chi connectivity index (χ0n) is 12.0. The molecule has 1 aromatic carbocycles. The van der Waals surface area contributed by atoms with Crippen LogP contribution in [0.25, 0.3) is 0 Å². The largest absolute Gasteiger partial charge is 0.356 e. The summed E-state index contributed by atoms with van der Waals surface area (Å²) in [7, 11) is 0. The highest BCUT2D eigenvalue weighted by Gasteiger charge is 2.14. The number of hydrogen-bond donors (Lipinski definition) is 1.